The maximum absolute atomic E-state index is 13.0. The maximum atomic E-state index is 13.0. The van der Waals surface area contributed by atoms with Crippen LogP contribution in [-0.2, 0) is 30.6 Å². The van der Waals surface area contributed by atoms with E-state index in [1.807, 2.05) is 18.2 Å². The summed E-state index contributed by atoms with van der Waals surface area (Å²) < 4.78 is 30.0. The van der Waals surface area contributed by atoms with E-state index in [0.717, 1.165) is 11.8 Å². The smallest absolute Gasteiger partial charge is 0.314 e. The third-order valence-corrected chi connectivity index (χ3v) is 6.13. The molecule has 0 saturated carbocycles. The molecule has 0 radical (unpaired) electrons. The van der Waals surface area contributed by atoms with Gasteiger partial charge in [-0.05, 0) is 46.1 Å². The molecule has 0 spiro atoms. The Bertz CT molecular complexity index is 797. The van der Waals surface area contributed by atoms with Crippen molar-refractivity contribution >= 4 is 21.7 Å². The average molecular weight is 396 g/mol. The average Bonchev–Trinajstić information content (AvgIpc) is 2.94. The van der Waals surface area contributed by atoms with Crippen molar-refractivity contribution in [2.75, 3.05) is 19.3 Å². The minimum atomic E-state index is -3.59. The van der Waals surface area contributed by atoms with Gasteiger partial charge in [0.1, 0.15) is 10.9 Å². The van der Waals surface area contributed by atoms with Crippen LogP contribution in [0.2, 0.25) is 0 Å². The molecule has 2 rings (SSSR count). The van der Waals surface area contributed by atoms with Crippen molar-refractivity contribution in [1.29, 1.82) is 0 Å². The van der Waals surface area contributed by atoms with Gasteiger partial charge < -0.3 is 9.64 Å². The summed E-state index contributed by atoms with van der Waals surface area (Å²) in [5, 5.41) is -1.15. The van der Waals surface area contributed by atoms with Crippen LogP contribution in [-0.4, -0.2) is 55.4 Å². The number of amides is 1. The maximum Gasteiger partial charge on any atom is 0.314 e. The summed E-state index contributed by atoms with van der Waals surface area (Å²) >= 11 is 0. The molecule has 2 atom stereocenters. The van der Waals surface area contributed by atoms with Gasteiger partial charge in [-0.15, -0.1) is 0 Å². The quantitative estimate of drug-likeness (QED) is 0.714. The van der Waals surface area contributed by atoms with Crippen molar-refractivity contribution in [2.45, 2.75) is 51.4 Å². The number of hydrogen-bond donors (Lipinski definition) is 0. The van der Waals surface area contributed by atoms with Gasteiger partial charge >= 0.3 is 5.97 Å². The molecule has 0 N–H and O–H groups in total. The first-order valence-electron chi connectivity index (χ1n) is 9.07. The SMILES string of the molecule is CC(C)(C)OC(=O)C1(C)CCN(C(=O)C(Cc2ccccc2)S(C)(=O)=O)C1. The van der Waals surface area contributed by atoms with Gasteiger partial charge in [-0.2, -0.15) is 0 Å². The van der Waals surface area contributed by atoms with Crippen LogP contribution in [0.4, 0.5) is 0 Å². The summed E-state index contributed by atoms with van der Waals surface area (Å²) in [6.45, 7) is 7.67. The summed E-state index contributed by atoms with van der Waals surface area (Å²) in [6, 6.07) is 9.08. The van der Waals surface area contributed by atoms with E-state index in [2.05, 4.69) is 0 Å². The zero-order chi connectivity index (χ0) is 20.5. The molecule has 6 nitrogen and oxygen atoms in total. The Balaban J connectivity index is 2.16. The highest BCUT2D eigenvalue weighted by Gasteiger charge is 2.46. The molecular weight excluding hydrogens is 366 g/mol. The molecule has 1 amide bonds. The Morgan fingerprint density at radius 1 is 1.22 bits per heavy atom. The molecule has 1 aromatic carbocycles. The first kappa shape index (κ1) is 21.4. The predicted octanol–water partition coefficient (Wildman–Crippen LogP) is 2.22. The second-order valence-electron chi connectivity index (χ2n) is 8.58. The molecule has 2 unspecified atom stereocenters. The standard InChI is InChI=1S/C20H29NO5S/c1-19(2,3)26-18(23)20(4)11-12-21(14-20)17(22)16(27(5,24)25)13-15-9-7-6-8-10-15/h6-10,16H,11-14H2,1-5H3. The molecule has 0 bridgehead atoms. The van der Waals surface area contributed by atoms with Crippen LogP contribution in [0.5, 0.6) is 0 Å². The van der Waals surface area contributed by atoms with Crippen LogP contribution < -0.4 is 0 Å². The van der Waals surface area contributed by atoms with Crippen LogP contribution in [0.3, 0.4) is 0 Å². The van der Waals surface area contributed by atoms with Gasteiger partial charge in [-0.25, -0.2) is 8.42 Å². The molecule has 0 aliphatic carbocycles. The summed E-state index contributed by atoms with van der Waals surface area (Å²) in [6.07, 6.45) is 1.66. The predicted molar refractivity (Wildman–Crippen MR) is 104 cm³/mol. The molecule has 1 aliphatic heterocycles. The molecular formula is C20H29NO5S. The van der Waals surface area contributed by atoms with Crippen LogP contribution in [0, 0.1) is 5.41 Å². The summed E-state index contributed by atoms with van der Waals surface area (Å²) in [5.74, 6) is -0.807. The number of ether oxygens (including phenoxy) is 1. The zero-order valence-electron chi connectivity index (χ0n) is 16.7. The van der Waals surface area contributed by atoms with Crippen molar-refractivity contribution in [3.8, 4) is 0 Å². The van der Waals surface area contributed by atoms with E-state index in [1.54, 1.807) is 39.8 Å². The van der Waals surface area contributed by atoms with E-state index >= 15 is 0 Å². The third-order valence-electron chi connectivity index (χ3n) is 4.73. The monoisotopic (exact) mass is 395 g/mol. The van der Waals surface area contributed by atoms with Crippen molar-refractivity contribution in [3.05, 3.63) is 35.9 Å². The Kier molecular flexibility index (Phi) is 6.04. The molecule has 1 saturated heterocycles. The van der Waals surface area contributed by atoms with Gasteiger partial charge in [0.15, 0.2) is 9.84 Å². The van der Waals surface area contributed by atoms with Crippen molar-refractivity contribution in [1.82, 2.24) is 4.90 Å². The van der Waals surface area contributed by atoms with Crippen LogP contribution >= 0.6 is 0 Å². The van der Waals surface area contributed by atoms with Gasteiger partial charge in [0, 0.05) is 19.3 Å². The topological polar surface area (TPSA) is 80.8 Å². The van der Waals surface area contributed by atoms with E-state index < -0.39 is 32.0 Å². The highest BCUT2D eigenvalue weighted by atomic mass is 32.2. The lowest BCUT2D eigenvalue weighted by Crippen LogP contribution is -2.45. The molecule has 0 aromatic heterocycles. The summed E-state index contributed by atoms with van der Waals surface area (Å²) in [4.78, 5) is 27.0. The number of benzene rings is 1. The van der Waals surface area contributed by atoms with E-state index in [4.69, 9.17) is 4.74 Å². The number of likely N-dealkylation sites (tertiary alicyclic amines) is 1. The number of carbonyl (C=O) groups is 2. The van der Waals surface area contributed by atoms with Crippen molar-refractivity contribution < 1.29 is 22.7 Å². The Labute approximate surface area is 161 Å². The minimum absolute atomic E-state index is 0.123. The number of esters is 1. The second-order valence-corrected chi connectivity index (χ2v) is 10.8. The fourth-order valence-electron chi connectivity index (χ4n) is 3.17. The fourth-order valence-corrected chi connectivity index (χ4v) is 4.18. The molecule has 1 aromatic rings. The first-order chi connectivity index (χ1) is 12.3. The molecule has 1 fully saturated rings. The summed E-state index contributed by atoms with van der Waals surface area (Å²) in [5.41, 5.74) is -0.645. The van der Waals surface area contributed by atoms with Crippen molar-refractivity contribution in [2.24, 2.45) is 5.41 Å². The number of rotatable bonds is 5. The molecule has 27 heavy (non-hydrogen) atoms. The van der Waals surface area contributed by atoms with E-state index in [1.165, 1.54) is 4.90 Å². The highest BCUT2D eigenvalue weighted by molar-refractivity contribution is 7.92. The number of carbonyl (C=O) groups excluding carboxylic acids is 2. The highest BCUT2D eigenvalue weighted by Crippen LogP contribution is 2.33. The molecule has 7 heteroatoms. The van der Waals surface area contributed by atoms with Crippen LogP contribution in [0.25, 0.3) is 0 Å². The van der Waals surface area contributed by atoms with Crippen molar-refractivity contribution in [3.63, 3.8) is 0 Å². The molecule has 1 aliphatic rings. The first-order valence-corrected chi connectivity index (χ1v) is 11.0. The van der Waals surface area contributed by atoms with Gasteiger partial charge in [-0.1, -0.05) is 30.3 Å². The van der Waals surface area contributed by atoms with E-state index in [-0.39, 0.29) is 18.9 Å². The third kappa shape index (κ3) is 5.54. The number of sulfone groups is 1. The largest absolute Gasteiger partial charge is 0.459 e. The van der Waals surface area contributed by atoms with Gasteiger partial charge in [0.2, 0.25) is 5.91 Å². The lowest BCUT2D eigenvalue weighted by molar-refractivity contribution is -0.165. The number of nitrogens with zero attached hydrogens (tertiary/aromatic N) is 1. The fraction of sp³-hybridized carbons (Fsp3) is 0.600. The van der Waals surface area contributed by atoms with Gasteiger partial charge in [0.05, 0.1) is 5.41 Å². The second kappa shape index (κ2) is 7.62. The van der Waals surface area contributed by atoms with Crippen LogP contribution in [0.15, 0.2) is 30.3 Å². The van der Waals surface area contributed by atoms with E-state index in [0.29, 0.717) is 13.0 Å². The minimum Gasteiger partial charge on any atom is -0.459 e. The normalized spacial score (nSPS) is 21.7. The summed E-state index contributed by atoms with van der Waals surface area (Å²) in [7, 11) is -3.59. The van der Waals surface area contributed by atoms with Gasteiger partial charge in [-0.3, -0.25) is 9.59 Å². The Morgan fingerprint density at radius 3 is 2.33 bits per heavy atom. The zero-order valence-corrected chi connectivity index (χ0v) is 17.5. The van der Waals surface area contributed by atoms with Gasteiger partial charge in [0.25, 0.3) is 0 Å². The number of hydrogen-bond acceptors (Lipinski definition) is 5. The van der Waals surface area contributed by atoms with Crippen LogP contribution in [0.1, 0.15) is 39.7 Å². The Hall–Kier alpha value is -1.89. The molecule has 1 heterocycles. The lowest BCUT2D eigenvalue weighted by atomic mass is 9.90. The molecule has 150 valence electrons. The lowest BCUT2D eigenvalue weighted by Gasteiger charge is -2.29. The Morgan fingerprint density at radius 2 is 1.81 bits per heavy atom. The van der Waals surface area contributed by atoms with E-state index in [9.17, 15) is 18.0 Å².